The smallest absolute Gasteiger partial charge is 0.231 e. The van der Waals surface area contributed by atoms with E-state index in [-0.39, 0.29) is 164 Å². The van der Waals surface area contributed by atoms with Crippen LogP contribution in [-0.2, 0) is 64.2 Å². The van der Waals surface area contributed by atoms with Gasteiger partial charge in [0, 0.05) is 81.0 Å². The third-order valence-electron chi connectivity index (χ3n) is 21.9. The second-order valence-electron chi connectivity index (χ2n) is 33.4. The highest BCUT2D eigenvalue weighted by Crippen LogP contribution is 2.41. The van der Waals surface area contributed by atoms with Crippen LogP contribution in [0.3, 0.4) is 0 Å². The van der Waals surface area contributed by atoms with E-state index in [9.17, 15) is 0 Å². The highest BCUT2D eigenvalue weighted by Gasteiger charge is 2.24. The monoisotopic (exact) mass is 1970 g/mol. The maximum absolute atomic E-state index is 8.01. The van der Waals surface area contributed by atoms with Crippen LogP contribution in [0.2, 0.25) is 5.65 Å². The van der Waals surface area contributed by atoms with Crippen molar-refractivity contribution in [3.8, 4) is 115 Å². The summed E-state index contributed by atoms with van der Waals surface area (Å²) in [7, 11) is 8.97. The molecule has 10 aromatic carbocycles. The molecule has 0 spiro atoms. The molecule has 10 unspecified atom stereocenters. The predicted octanol–water partition coefficient (Wildman–Crippen LogP) is 15.7. The number of benzene rings is 10. The molecule has 0 saturated carbocycles. The van der Waals surface area contributed by atoms with E-state index in [1.54, 1.807) is 110 Å². The molecular formula is C110H150N10O20. The van der Waals surface area contributed by atoms with Gasteiger partial charge in [-0.25, -0.2) is 0 Å². The Morgan fingerprint density at radius 3 is 0.636 bits per heavy atom. The lowest BCUT2D eigenvalue weighted by molar-refractivity contribution is 0.173. The minimum Gasteiger partial charge on any atom is -0.454 e. The van der Waals surface area contributed by atoms with Gasteiger partial charge in [-0.15, -0.1) is 0 Å². The third kappa shape index (κ3) is 34.6. The molecule has 30 heteroatoms. The zero-order valence-corrected chi connectivity index (χ0v) is 81.0. The lowest BCUT2D eigenvalue weighted by atomic mass is 10.1. The Balaban J connectivity index is 0.000000184. The lowest BCUT2D eigenvalue weighted by Crippen LogP contribution is -2.23. The highest BCUT2D eigenvalue weighted by molar-refractivity contribution is 5.52. The van der Waals surface area contributed by atoms with Crippen LogP contribution in [0, 0.1) is 0 Å². The van der Waals surface area contributed by atoms with Crippen molar-refractivity contribution in [2.24, 2.45) is 0 Å². The first-order valence-electron chi connectivity index (χ1n) is 64.2. The Bertz CT molecular complexity index is 7270. The molecule has 0 saturated heterocycles. The average Bonchev–Trinajstić information content (AvgIpc) is 1.60. The largest absolute Gasteiger partial charge is 0.454 e. The quantitative estimate of drug-likeness (QED) is 0.0200. The predicted molar refractivity (Wildman–Crippen MR) is 548 cm³/mol. The van der Waals surface area contributed by atoms with Gasteiger partial charge in [0.1, 0.15) is 19.4 Å². The summed E-state index contributed by atoms with van der Waals surface area (Å²) in [4.78, 5) is 0. The molecule has 0 aliphatic carbocycles. The van der Waals surface area contributed by atoms with E-state index in [0.29, 0.717) is 137 Å². The van der Waals surface area contributed by atoms with Crippen LogP contribution in [0.25, 0.3) is 0 Å². The summed E-state index contributed by atoms with van der Waals surface area (Å²) in [5.41, 5.74) is 7.98. The van der Waals surface area contributed by atoms with Crippen molar-refractivity contribution in [3.05, 3.63) is 237 Å². The fourth-order valence-corrected chi connectivity index (χ4v) is 13.6. The maximum atomic E-state index is 8.01. The van der Waals surface area contributed by atoms with Gasteiger partial charge >= 0.3 is 0 Å². The molecule has 20 rings (SSSR count). The highest BCUT2D eigenvalue weighted by atomic mass is 16.7. The fraction of sp³-hybridized carbons (Fsp3) is 0.455. The molecule has 0 radical (unpaired) electrons. The first-order chi connectivity index (χ1) is 82.6. The summed E-state index contributed by atoms with van der Waals surface area (Å²) in [5, 5.41) is 20.8. The van der Waals surface area contributed by atoms with E-state index in [0.717, 1.165) is 69.2 Å². The van der Waals surface area contributed by atoms with Crippen LogP contribution >= 0.6 is 0 Å². The molecule has 10 aliphatic rings. The number of hydrogen-bond donors (Lipinski definition) is 10. The van der Waals surface area contributed by atoms with E-state index in [1.165, 1.54) is 16.2 Å². The van der Waals surface area contributed by atoms with Crippen molar-refractivity contribution in [2.45, 2.75) is 194 Å². The molecule has 760 valence electrons. The Labute approximate surface area is 882 Å². The number of fused-ring (bicyclic) bond motifs is 10. The van der Waals surface area contributed by atoms with Crippen LogP contribution < -0.4 is 148 Å². The fourth-order valence-electron chi connectivity index (χ4n) is 13.6. The first kappa shape index (κ1) is 66.5. The first-order valence-corrected chi connectivity index (χ1v) is 45.4. The summed E-state index contributed by atoms with van der Waals surface area (Å²) >= 11 is 0. The standard InChI is InChI=1S/10C11H15NO2/c10*1-8(12-2)5-9-3-4-10-11(6-9)14-7-13-10/h10*3-4,6,8,12H,5,7H2,1-2H3/i3D,4D,6D,7D2;2D3,3D,4D,6D;3D,4D,6D;2*2D3,7D2;2*7D2;2*2D3;/hD4. The zero-order valence-electron chi connectivity index (χ0n) is 119. The molecular weight excluding hydrogens is 1780 g/mol. The summed E-state index contributed by atoms with van der Waals surface area (Å²) < 4.78 is 384. The van der Waals surface area contributed by atoms with Crippen LogP contribution in [0.1, 0.15) is 171 Å². The summed E-state index contributed by atoms with van der Waals surface area (Å²) in [6, 6.07) is 36.4. The van der Waals surface area contributed by atoms with Gasteiger partial charge in [0.2, 0.25) is 67.7 Å². The van der Waals surface area contributed by atoms with Gasteiger partial charge in [-0.05, 0) is 380 Å². The molecule has 10 heterocycles. The number of likely N-dealkylation sites (N-methyl/N-ethyl adjacent to an activating group) is 10. The Morgan fingerprint density at radius 2 is 0.386 bits per heavy atom. The maximum Gasteiger partial charge on any atom is 0.231 e. The Kier molecular flexibility index (Phi) is 27.0. The second-order valence-corrected chi connectivity index (χ2v) is 33.4. The van der Waals surface area contributed by atoms with Crippen LogP contribution in [-0.4, -0.2) is 198 Å². The molecule has 10 aliphatic heterocycles. The van der Waals surface area contributed by atoms with Gasteiger partial charge in [0.05, 0.1) is 12.3 Å². The molecule has 10 N–H and O–H groups in total. The van der Waals surface area contributed by atoms with Gasteiger partial charge in [-0.3, -0.25) is 0 Å². The average molecular weight is 1970 g/mol. The topological polar surface area (TPSA) is 305 Å². The van der Waals surface area contributed by atoms with Crippen molar-refractivity contribution in [3.63, 3.8) is 0 Å². The Hall–Kier alpha value is -12.2. The van der Waals surface area contributed by atoms with Crippen molar-refractivity contribution < 1.29 is 147 Å². The van der Waals surface area contributed by atoms with Crippen molar-refractivity contribution in [1.82, 2.24) is 53.1 Å². The van der Waals surface area contributed by atoms with Crippen LogP contribution in [0.4, 0.5) is 0 Å². The van der Waals surface area contributed by atoms with Crippen LogP contribution in [0.15, 0.2) is 182 Å². The molecule has 10 aromatic rings. The van der Waals surface area contributed by atoms with Crippen molar-refractivity contribution in [1.29, 1.82) is 0 Å². The van der Waals surface area contributed by atoms with E-state index in [1.807, 2.05) is 115 Å². The number of ether oxygens (including phenoxy) is 20. The van der Waals surface area contributed by atoms with Gasteiger partial charge in [0.15, 0.2) is 115 Å². The minimum atomic E-state index is -2.47. The van der Waals surface area contributed by atoms with Gasteiger partial charge < -0.3 is 148 Å². The third-order valence-corrected chi connectivity index (χ3v) is 21.9. The van der Waals surface area contributed by atoms with Gasteiger partial charge in [-0.1, -0.05) is 60.6 Å². The SMILES string of the molecule is [2H]C([2H])([2H])NC(C)Cc1ccc2c(c1)OC([2H])([2H])O2.[2H]C([2H])([2H])NC(C)Cc1ccc2c(c1)OCO2.[2H]C1([2H])Oc2ccc(CC(C)NC)cc2O1.[2H]N(C(C)Cc1ccc2c(c1)OC([2H])([2H])O2)C([2H])([2H])[2H].[2H]N(C(C)Cc1ccc2c(c1)OCO2)C([2H])([2H])[2H].[2H]N(C)C(C)Cc1ccc2c(c1)OC([2H])([2H])O2.[2H]N(C)C(C)Cc1ccc2c(c1)OCO2.[2H]c1c([2H])c2c(c([2H])c1CC(C)NC([2H])([2H])[2H])OCO2.[2H]c1c([2H])c2c(c([2H])c1CC(C)NC)OC([2H])([2H])O2.[2H]c1c([2H])c2c(c([2H])c1CC(C)NC)OCO2. The number of nitrogens with one attached hydrogen (secondary N) is 10. The molecule has 140 heavy (non-hydrogen) atoms. The summed E-state index contributed by atoms with van der Waals surface area (Å²) in [5.74, 6) is 8.05. The minimum absolute atomic E-state index is 0.00630. The lowest BCUT2D eigenvalue weighted by Gasteiger charge is -2.10. The second kappa shape index (κ2) is 56.9. The van der Waals surface area contributed by atoms with E-state index < -0.39 is 86.7 Å². The molecule has 0 fully saturated rings. The molecule has 30 nitrogen and oxygen atoms in total. The Morgan fingerprint density at radius 1 is 0.207 bits per heavy atom. The van der Waals surface area contributed by atoms with E-state index in [4.69, 9.17) is 147 Å². The van der Waals surface area contributed by atoms with Crippen molar-refractivity contribution >= 4 is 0 Å². The van der Waals surface area contributed by atoms with E-state index in [2.05, 4.69) is 38.8 Å². The van der Waals surface area contributed by atoms with Crippen LogP contribution in [0.5, 0.6) is 115 Å². The normalized spacial score (nSPS) is 21.9. The van der Waals surface area contributed by atoms with Gasteiger partial charge in [-0.2, -0.15) is 0 Å². The van der Waals surface area contributed by atoms with E-state index >= 15 is 0 Å². The number of hydrogen-bond acceptors (Lipinski definition) is 30. The number of rotatable bonds is 30. The molecule has 10 atom stereocenters. The zero-order chi connectivity index (χ0) is 132. The summed E-state index contributed by atoms with van der Waals surface area (Å²) in [6.07, 6.45) is 5.43. The van der Waals surface area contributed by atoms with Crippen molar-refractivity contribution in [2.75, 3.05) is 138 Å². The molecule has 0 bridgehead atoms. The molecule has 0 amide bonds. The summed E-state index contributed by atoms with van der Waals surface area (Å²) in [6.45, 7) is -2.93. The van der Waals surface area contributed by atoms with Gasteiger partial charge in [0.25, 0.3) is 0 Å². The molecule has 0 aromatic heterocycles.